The quantitative estimate of drug-likeness (QED) is 0.845. The van der Waals surface area contributed by atoms with Gasteiger partial charge in [0.05, 0.1) is 0 Å². The summed E-state index contributed by atoms with van der Waals surface area (Å²) in [7, 11) is 0. The molecular weight excluding hydrogens is 232 g/mol. The number of aryl methyl sites for hydroxylation is 1. The maximum atomic E-state index is 13.2. The van der Waals surface area contributed by atoms with E-state index < -0.39 is 0 Å². The van der Waals surface area contributed by atoms with Crippen LogP contribution in [-0.2, 0) is 0 Å². The molecule has 2 aromatic rings. The highest BCUT2D eigenvalue weighted by molar-refractivity contribution is 5.52. The highest BCUT2D eigenvalue weighted by Gasteiger charge is 2.07. The third kappa shape index (κ3) is 2.86. The minimum absolute atomic E-state index is 0.00824. The van der Waals surface area contributed by atoms with Gasteiger partial charge in [0.25, 0.3) is 0 Å². The Morgan fingerprint density at radius 3 is 2.22 bits per heavy atom. The number of nitrogens with one attached hydrogen (secondary N) is 1. The van der Waals surface area contributed by atoms with Crippen molar-refractivity contribution < 1.29 is 8.78 Å². The van der Waals surface area contributed by atoms with Gasteiger partial charge in [0.2, 0.25) is 0 Å². The molecule has 0 aromatic heterocycles. The molecule has 2 rings (SSSR count). The predicted molar refractivity (Wildman–Crippen MR) is 69.6 cm³/mol. The third-order valence-electron chi connectivity index (χ3n) is 2.94. The minimum Gasteiger partial charge on any atom is -0.378 e. The first-order valence-electron chi connectivity index (χ1n) is 5.84. The van der Waals surface area contributed by atoms with Crippen LogP contribution in [-0.4, -0.2) is 0 Å². The van der Waals surface area contributed by atoms with Crippen molar-refractivity contribution >= 4 is 5.69 Å². The second-order valence-electron chi connectivity index (χ2n) is 4.38. The summed E-state index contributed by atoms with van der Waals surface area (Å²) in [5.41, 5.74) is 2.69. The Hall–Kier alpha value is -1.90. The van der Waals surface area contributed by atoms with Gasteiger partial charge in [-0.15, -0.1) is 0 Å². The van der Waals surface area contributed by atoms with Gasteiger partial charge < -0.3 is 5.32 Å². The lowest BCUT2D eigenvalue weighted by Crippen LogP contribution is -2.07. The maximum absolute atomic E-state index is 13.2. The molecule has 2 aromatic carbocycles. The van der Waals surface area contributed by atoms with E-state index in [1.54, 1.807) is 18.2 Å². The molecule has 1 atom stereocenters. The lowest BCUT2D eigenvalue weighted by molar-refractivity contribution is 0.626. The zero-order valence-electron chi connectivity index (χ0n) is 10.4. The van der Waals surface area contributed by atoms with Crippen molar-refractivity contribution in [3.63, 3.8) is 0 Å². The van der Waals surface area contributed by atoms with Crippen molar-refractivity contribution in [2.45, 2.75) is 19.9 Å². The van der Waals surface area contributed by atoms with Crippen molar-refractivity contribution in [1.82, 2.24) is 0 Å². The molecule has 0 aliphatic rings. The first-order valence-corrected chi connectivity index (χ1v) is 5.84. The van der Waals surface area contributed by atoms with Crippen molar-refractivity contribution in [2.75, 3.05) is 5.32 Å². The molecule has 0 heterocycles. The van der Waals surface area contributed by atoms with Gasteiger partial charge in [0.1, 0.15) is 11.6 Å². The van der Waals surface area contributed by atoms with Crippen molar-refractivity contribution in [1.29, 1.82) is 0 Å². The molecule has 94 valence electrons. The topological polar surface area (TPSA) is 12.0 Å². The monoisotopic (exact) mass is 247 g/mol. The zero-order valence-corrected chi connectivity index (χ0v) is 10.4. The fourth-order valence-corrected chi connectivity index (χ4v) is 1.82. The first-order chi connectivity index (χ1) is 8.56. The molecule has 0 saturated carbocycles. The third-order valence-corrected chi connectivity index (χ3v) is 2.94. The molecule has 1 unspecified atom stereocenters. The molecule has 0 spiro atoms. The Kier molecular flexibility index (Phi) is 3.60. The van der Waals surface area contributed by atoms with Gasteiger partial charge in [-0.3, -0.25) is 0 Å². The second kappa shape index (κ2) is 5.17. The van der Waals surface area contributed by atoms with Crippen LogP contribution < -0.4 is 5.32 Å². The van der Waals surface area contributed by atoms with Gasteiger partial charge in [-0.2, -0.15) is 0 Å². The van der Waals surface area contributed by atoms with Crippen LogP contribution >= 0.6 is 0 Å². The van der Waals surface area contributed by atoms with Gasteiger partial charge in [-0.25, -0.2) is 8.78 Å². The molecular formula is C15H15F2N. The number of hydrogen-bond donors (Lipinski definition) is 1. The van der Waals surface area contributed by atoms with Gasteiger partial charge in [-0.1, -0.05) is 18.2 Å². The van der Waals surface area contributed by atoms with E-state index in [9.17, 15) is 8.78 Å². The van der Waals surface area contributed by atoms with E-state index in [4.69, 9.17) is 0 Å². The van der Waals surface area contributed by atoms with Crippen LogP contribution in [0.2, 0.25) is 0 Å². The molecule has 0 amide bonds. The molecule has 1 nitrogen and oxygen atoms in total. The van der Waals surface area contributed by atoms with Crippen LogP contribution in [0.25, 0.3) is 0 Å². The summed E-state index contributed by atoms with van der Waals surface area (Å²) in [5.74, 6) is -0.526. The molecule has 0 aliphatic carbocycles. The summed E-state index contributed by atoms with van der Waals surface area (Å²) in [6.07, 6.45) is 0. The summed E-state index contributed by atoms with van der Waals surface area (Å²) in [6, 6.07) is 10.9. The first kappa shape index (κ1) is 12.6. The molecule has 0 aliphatic heterocycles. The largest absolute Gasteiger partial charge is 0.378 e. The minimum atomic E-state index is -0.269. The molecule has 0 saturated heterocycles. The van der Waals surface area contributed by atoms with E-state index in [0.29, 0.717) is 0 Å². The van der Waals surface area contributed by atoms with Gasteiger partial charge >= 0.3 is 0 Å². The Morgan fingerprint density at radius 1 is 0.944 bits per heavy atom. The van der Waals surface area contributed by atoms with Crippen molar-refractivity contribution in [3.8, 4) is 0 Å². The predicted octanol–water partition coefficient (Wildman–Crippen LogP) is 4.45. The van der Waals surface area contributed by atoms with Crippen LogP contribution in [0.3, 0.4) is 0 Å². The number of anilines is 1. The van der Waals surface area contributed by atoms with Crippen LogP contribution in [0.1, 0.15) is 24.1 Å². The lowest BCUT2D eigenvalue weighted by Gasteiger charge is -2.17. The summed E-state index contributed by atoms with van der Waals surface area (Å²) >= 11 is 0. The summed E-state index contributed by atoms with van der Waals surface area (Å²) in [5, 5.41) is 3.22. The van der Waals surface area contributed by atoms with Gasteiger partial charge in [0.15, 0.2) is 0 Å². The fourth-order valence-electron chi connectivity index (χ4n) is 1.82. The van der Waals surface area contributed by atoms with Gasteiger partial charge in [-0.05, 0) is 49.2 Å². The van der Waals surface area contributed by atoms with E-state index in [-0.39, 0.29) is 17.7 Å². The highest BCUT2D eigenvalue weighted by Crippen LogP contribution is 2.23. The Labute approximate surface area is 105 Å². The summed E-state index contributed by atoms with van der Waals surface area (Å²) in [6.45, 7) is 3.87. The van der Waals surface area contributed by atoms with E-state index in [0.717, 1.165) is 16.8 Å². The van der Waals surface area contributed by atoms with E-state index in [1.807, 2.05) is 13.8 Å². The summed E-state index contributed by atoms with van der Waals surface area (Å²) < 4.78 is 26.0. The molecule has 3 heteroatoms. The standard InChI is InChI=1S/C15H15F2N/c1-10-3-6-14(17)9-15(10)18-11(2)12-4-7-13(16)8-5-12/h3-9,11,18H,1-2H3. The second-order valence-corrected chi connectivity index (χ2v) is 4.38. The van der Waals surface area contributed by atoms with Crippen molar-refractivity contribution in [2.24, 2.45) is 0 Å². The molecule has 1 N–H and O–H groups in total. The van der Waals surface area contributed by atoms with Crippen LogP contribution in [0.15, 0.2) is 42.5 Å². The molecule has 18 heavy (non-hydrogen) atoms. The summed E-state index contributed by atoms with van der Waals surface area (Å²) in [4.78, 5) is 0. The maximum Gasteiger partial charge on any atom is 0.125 e. The number of rotatable bonds is 3. The zero-order chi connectivity index (χ0) is 13.1. The Morgan fingerprint density at radius 2 is 1.56 bits per heavy atom. The number of halogens is 2. The fraction of sp³-hybridized carbons (Fsp3) is 0.200. The Bertz CT molecular complexity index is 535. The number of hydrogen-bond acceptors (Lipinski definition) is 1. The van der Waals surface area contributed by atoms with E-state index in [1.165, 1.54) is 24.3 Å². The molecule has 0 fully saturated rings. The SMILES string of the molecule is Cc1ccc(F)cc1NC(C)c1ccc(F)cc1. The number of benzene rings is 2. The van der Waals surface area contributed by atoms with Crippen LogP contribution in [0, 0.1) is 18.6 Å². The van der Waals surface area contributed by atoms with Crippen LogP contribution in [0.5, 0.6) is 0 Å². The van der Waals surface area contributed by atoms with E-state index in [2.05, 4.69) is 5.32 Å². The smallest absolute Gasteiger partial charge is 0.125 e. The van der Waals surface area contributed by atoms with Crippen molar-refractivity contribution in [3.05, 3.63) is 65.2 Å². The molecule has 0 bridgehead atoms. The average Bonchev–Trinajstić information content (AvgIpc) is 2.34. The normalized spacial score (nSPS) is 12.2. The molecule has 0 radical (unpaired) electrons. The Balaban J connectivity index is 2.18. The average molecular weight is 247 g/mol. The van der Waals surface area contributed by atoms with Gasteiger partial charge in [0, 0.05) is 11.7 Å². The van der Waals surface area contributed by atoms with Crippen LogP contribution in [0.4, 0.5) is 14.5 Å². The highest BCUT2D eigenvalue weighted by atomic mass is 19.1. The lowest BCUT2D eigenvalue weighted by atomic mass is 10.1. The van der Waals surface area contributed by atoms with E-state index >= 15 is 0 Å².